The number of alkyl halides is 5. The molecule has 0 aliphatic carbocycles. The molecule has 1 unspecified atom stereocenters. The highest BCUT2D eigenvalue weighted by molar-refractivity contribution is 4.70. The molecule has 74 valence electrons. The van der Waals surface area contributed by atoms with Crippen molar-refractivity contribution in [2.45, 2.75) is 38.7 Å². The summed E-state index contributed by atoms with van der Waals surface area (Å²) in [6, 6.07) is 0. The molecule has 12 heavy (non-hydrogen) atoms. The topological polar surface area (TPSA) is 9.23 Å². The average Bonchev–Trinajstić information content (AvgIpc) is 1.79. The van der Waals surface area contributed by atoms with Gasteiger partial charge in [-0.05, 0) is 13.8 Å². The Morgan fingerprint density at radius 1 is 1.08 bits per heavy atom. The first kappa shape index (κ1) is 11.6. The van der Waals surface area contributed by atoms with Gasteiger partial charge in [-0.25, -0.2) is 8.78 Å². The molecule has 0 fully saturated rings. The van der Waals surface area contributed by atoms with E-state index in [-0.39, 0.29) is 0 Å². The monoisotopic (exact) mass is 192 g/mol. The summed E-state index contributed by atoms with van der Waals surface area (Å²) in [5.41, 5.74) is 0. The Labute approximate surface area is 66.5 Å². The summed E-state index contributed by atoms with van der Waals surface area (Å²) in [6.45, 7) is 2.53. The van der Waals surface area contributed by atoms with Crippen molar-refractivity contribution >= 4 is 0 Å². The maximum Gasteiger partial charge on any atom is 0.420 e. The van der Waals surface area contributed by atoms with Crippen LogP contribution in [0.5, 0.6) is 0 Å². The molecule has 1 atom stereocenters. The lowest BCUT2D eigenvalue weighted by Gasteiger charge is -2.21. The van der Waals surface area contributed by atoms with E-state index in [1.807, 2.05) is 0 Å². The summed E-state index contributed by atoms with van der Waals surface area (Å²) in [5, 5.41) is 0. The van der Waals surface area contributed by atoms with Crippen LogP contribution in [-0.4, -0.2) is 24.8 Å². The lowest BCUT2D eigenvalue weighted by Crippen LogP contribution is -2.39. The number of hydrogen-bond acceptors (Lipinski definition) is 1. The molecule has 0 saturated heterocycles. The first-order chi connectivity index (χ1) is 5.25. The second kappa shape index (κ2) is 4.02. The third kappa shape index (κ3) is 3.85. The second-order valence-corrected chi connectivity index (χ2v) is 2.48. The summed E-state index contributed by atoms with van der Waals surface area (Å²) in [7, 11) is 0. The quantitative estimate of drug-likeness (QED) is 0.624. The minimum Gasteiger partial charge on any atom is -0.361 e. The Balaban J connectivity index is 4.25. The van der Waals surface area contributed by atoms with Crippen molar-refractivity contribution in [1.29, 1.82) is 0 Å². The molecule has 0 bridgehead atoms. The fraction of sp³-hybridized carbons (Fsp3) is 1.00. The third-order valence-electron chi connectivity index (χ3n) is 0.970. The van der Waals surface area contributed by atoms with Gasteiger partial charge in [0.15, 0.2) is 0 Å². The molecule has 6 heteroatoms. The van der Waals surface area contributed by atoms with Gasteiger partial charge in [0, 0.05) is 0 Å². The van der Waals surface area contributed by atoms with Crippen molar-refractivity contribution in [3.8, 4) is 0 Å². The van der Waals surface area contributed by atoms with E-state index in [2.05, 4.69) is 4.74 Å². The second-order valence-electron chi connectivity index (χ2n) is 2.48. The third-order valence-corrected chi connectivity index (χ3v) is 0.970. The van der Waals surface area contributed by atoms with Gasteiger partial charge < -0.3 is 4.74 Å². The predicted octanol–water partition coefficient (Wildman–Crippen LogP) is 2.61. The molecule has 0 heterocycles. The lowest BCUT2D eigenvalue weighted by atomic mass is 10.3. The molecule has 1 nitrogen and oxygen atoms in total. The first-order valence-electron chi connectivity index (χ1n) is 3.25. The zero-order chi connectivity index (χ0) is 9.94. The van der Waals surface area contributed by atoms with Crippen molar-refractivity contribution in [3.05, 3.63) is 0 Å². The highest BCUT2D eigenvalue weighted by atomic mass is 19.4. The van der Waals surface area contributed by atoms with Crippen LogP contribution in [0.4, 0.5) is 22.0 Å². The summed E-state index contributed by atoms with van der Waals surface area (Å²) in [5.74, 6) is 0. The summed E-state index contributed by atoms with van der Waals surface area (Å²) in [4.78, 5) is 0. The van der Waals surface area contributed by atoms with E-state index < -0.39 is 24.8 Å². The van der Waals surface area contributed by atoms with Crippen LogP contribution < -0.4 is 0 Å². The molecule has 0 amide bonds. The summed E-state index contributed by atoms with van der Waals surface area (Å²) >= 11 is 0. The van der Waals surface area contributed by atoms with Crippen LogP contribution in [0.2, 0.25) is 0 Å². The number of ether oxygens (including phenoxy) is 1. The molecule has 0 aliphatic rings. The normalized spacial score (nSPS) is 15.8. The SMILES string of the molecule is CC(C)OC(C(F)F)C(F)(F)F. The van der Waals surface area contributed by atoms with E-state index in [0.29, 0.717) is 0 Å². The van der Waals surface area contributed by atoms with E-state index in [4.69, 9.17) is 0 Å². The van der Waals surface area contributed by atoms with E-state index in [0.717, 1.165) is 0 Å². The molecular weight excluding hydrogens is 183 g/mol. The van der Waals surface area contributed by atoms with Crippen molar-refractivity contribution in [2.24, 2.45) is 0 Å². The van der Waals surface area contributed by atoms with Crippen LogP contribution in [0, 0.1) is 0 Å². The number of rotatable bonds is 3. The highest BCUT2D eigenvalue weighted by Crippen LogP contribution is 2.28. The summed E-state index contributed by atoms with van der Waals surface area (Å²) in [6.07, 6.45) is -12.4. The fourth-order valence-corrected chi connectivity index (χ4v) is 0.573. The van der Waals surface area contributed by atoms with Crippen molar-refractivity contribution in [1.82, 2.24) is 0 Å². The molecule has 0 aromatic carbocycles. The minimum absolute atomic E-state index is 0.870. The van der Waals surface area contributed by atoms with Crippen molar-refractivity contribution in [3.63, 3.8) is 0 Å². The Morgan fingerprint density at radius 2 is 1.50 bits per heavy atom. The van der Waals surface area contributed by atoms with Gasteiger partial charge >= 0.3 is 6.18 Å². The highest BCUT2D eigenvalue weighted by Gasteiger charge is 2.47. The van der Waals surface area contributed by atoms with Gasteiger partial charge in [-0.1, -0.05) is 0 Å². The maximum absolute atomic E-state index is 11.7. The zero-order valence-corrected chi connectivity index (χ0v) is 6.53. The first-order valence-corrected chi connectivity index (χ1v) is 3.25. The smallest absolute Gasteiger partial charge is 0.361 e. The molecule has 0 N–H and O–H groups in total. The van der Waals surface area contributed by atoms with Crippen molar-refractivity contribution < 1.29 is 26.7 Å². The van der Waals surface area contributed by atoms with E-state index in [1.165, 1.54) is 13.8 Å². The van der Waals surface area contributed by atoms with Gasteiger partial charge in [0.05, 0.1) is 6.10 Å². The molecule has 0 aromatic heterocycles. The Kier molecular flexibility index (Phi) is 3.89. The average molecular weight is 192 g/mol. The Hall–Kier alpha value is -0.390. The van der Waals surface area contributed by atoms with Crippen LogP contribution in [0.25, 0.3) is 0 Å². The maximum atomic E-state index is 11.7. The molecule has 0 aromatic rings. The Bertz CT molecular complexity index is 130. The van der Waals surface area contributed by atoms with Gasteiger partial charge in [0.2, 0.25) is 6.10 Å². The number of halogens is 5. The van der Waals surface area contributed by atoms with Crippen molar-refractivity contribution in [2.75, 3.05) is 0 Å². The van der Waals surface area contributed by atoms with E-state index in [9.17, 15) is 22.0 Å². The molecule has 0 radical (unpaired) electrons. The molecule has 0 spiro atoms. The molecule has 0 aliphatic heterocycles. The summed E-state index contributed by atoms with van der Waals surface area (Å²) < 4.78 is 62.6. The molecular formula is C6H9F5O. The van der Waals surface area contributed by atoms with Crippen LogP contribution in [0.1, 0.15) is 13.8 Å². The zero-order valence-electron chi connectivity index (χ0n) is 6.53. The van der Waals surface area contributed by atoms with Crippen LogP contribution in [0.15, 0.2) is 0 Å². The fourth-order valence-electron chi connectivity index (χ4n) is 0.573. The van der Waals surface area contributed by atoms with Gasteiger partial charge in [-0.15, -0.1) is 0 Å². The van der Waals surface area contributed by atoms with Crippen LogP contribution in [0.3, 0.4) is 0 Å². The van der Waals surface area contributed by atoms with Gasteiger partial charge in [0.1, 0.15) is 0 Å². The van der Waals surface area contributed by atoms with Crippen LogP contribution in [-0.2, 0) is 4.74 Å². The Morgan fingerprint density at radius 3 is 1.58 bits per heavy atom. The number of hydrogen-bond donors (Lipinski definition) is 0. The minimum atomic E-state index is -5.00. The van der Waals surface area contributed by atoms with Gasteiger partial charge in [-0.3, -0.25) is 0 Å². The van der Waals surface area contributed by atoms with Crippen LogP contribution >= 0.6 is 0 Å². The predicted molar refractivity (Wildman–Crippen MR) is 32.1 cm³/mol. The van der Waals surface area contributed by atoms with E-state index in [1.54, 1.807) is 0 Å². The lowest BCUT2D eigenvalue weighted by molar-refractivity contribution is -0.261. The van der Waals surface area contributed by atoms with E-state index >= 15 is 0 Å². The van der Waals surface area contributed by atoms with Gasteiger partial charge in [-0.2, -0.15) is 13.2 Å². The molecule has 0 saturated carbocycles. The molecule has 0 rings (SSSR count). The largest absolute Gasteiger partial charge is 0.420 e. The van der Waals surface area contributed by atoms with Gasteiger partial charge in [0.25, 0.3) is 6.43 Å². The standard InChI is InChI=1S/C6H9F5O/c1-3(2)12-4(5(7)8)6(9,10)11/h3-5H,1-2H3.